The van der Waals surface area contributed by atoms with Crippen LogP contribution in [0.15, 0.2) is 42.5 Å². The molecule has 0 aromatic heterocycles. The number of halogens is 3. The second-order valence-electron chi connectivity index (χ2n) is 7.09. The molecule has 3 amide bonds. The standard InChI is InChI=1S/C22H26F3N3O4/c1-14(26-21(30)27-17-8-6-16(7-9-17)22(23,24)25)20(29)28(2)12-11-15-5-10-18(31-3)19(13-15)32-4/h5-10,13-14H,11-12H2,1-4H3,(H2,26,27,30). The van der Waals surface area contributed by atoms with Gasteiger partial charge in [0.2, 0.25) is 5.91 Å². The number of hydrogen-bond acceptors (Lipinski definition) is 4. The Morgan fingerprint density at radius 3 is 2.22 bits per heavy atom. The Bertz CT molecular complexity index is 933. The molecule has 2 aromatic rings. The van der Waals surface area contributed by atoms with Gasteiger partial charge in [-0.3, -0.25) is 4.79 Å². The molecule has 7 nitrogen and oxygen atoms in total. The second kappa shape index (κ2) is 10.7. The van der Waals surface area contributed by atoms with E-state index in [1.165, 1.54) is 11.8 Å². The number of rotatable bonds is 8. The van der Waals surface area contributed by atoms with Gasteiger partial charge in [0.1, 0.15) is 6.04 Å². The number of anilines is 1. The van der Waals surface area contributed by atoms with Crippen molar-refractivity contribution in [2.45, 2.75) is 25.6 Å². The molecular weight excluding hydrogens is 427 g/mol. The maximum Gasteiger partial charge on any atom is 0.416 e. The lowest BCUT2D eigenvalue weighted by molar-refractivity contribution is -0.137. The van der Waals surface area contributed by atoms with Crippen LogP contribution in [-0.2, 0) is 17.4 Å². The highest BCUT2D eigenvalue weighted by molar-refractivity contribution is 5.93. The maximum atomic E-state index is 12.6. The van der Waals surface area contributed by atoms with E-state index in [-0.39, 0.29) is 11.6 Å². The van der Waals surface area contributed by atoms with Crippen LogP contribution in [0.5, 0.6) is 11.5 Å². The van der Waals surface area contributed by atoms with Gasteiger partial charge in [-0.25, -0.2) is 4.79 Å². The average molecular weight is 453 g/mol. The highest BCUT2D eigenvalue weighted by Crippen LogP contribution is 2.30. The summed E-state index contributed by atoms with van der Waals surface area (Å²) < 4.78 is 48.3. The lowest BCUT2D eigenvalue weighted by Crippen LogP contribution is -2.47. The summed E-state index contributed by atoms with van der Waals surface area (Å²) in [6, 6.07) is 7.98. The zero-order chi connectivity index (χ0) is 23.9. The molecule has 0 bridgehead atoms. The van der Waals surface area contributed by atoms with Crippen LogP contribution >= 0.6 is 0 Å². The van der Waals surface area contributed by atoms with E-state index in [1.54, 1.807) is 27.3 Å². The van der Waals surface area contributed by atoms with E-state index in [4.69, 9.17) is 9.47 Å². The fraction of sp³-hybridized carbons (Fsp3) is 0.364. The molecule has 0 saturated carbocycles. The van der Waals surface area contributed by atoms with Gasteiger partial charge < -0.3 is 25.0 Å². The molecule has 0 aliphatic carbocycles. The Labute approximate surface area is 184 Å². The first-order valence-electron chi connectivity index (χ1n) is 9.75. The van der Waals surface area contributed by atoms with Gasteiger partial charge in [-0.2, -0.15) is 13.2 Å². The first-order valence-corrected chi connectivity index (χ1v) is 9.75. The summed E-state index contributed by atoms with van der Waals surface area (Å²) in [5.41, 5.74) is 0.308. The van der Waals surface area contributed by atoms with Gasteiger partial charge in [0.15, 0.2) is 11.5 Å². The summed E-state index contributed by atoms with van der Waals surface area (Å²) in [5, 5.41) is 4.90. The minimum atomic E-state index is -4.46. The van der Waals surface area contributed by atoms with Crippen molar-refractivity contribution < 1.29 is 32.2 Å². The maximum absolute atomic E-state index is 12.6. The number of amides is 3. The number of hydrogen-bond donors (Lipinski definition) is 2. The van der Waals surface area contributed by atoms with Gasteiger partial charge in [-0.1, -0.05) is 6.07 Å². The minimum Gasteiger partial charge on any atom is -0.493 e. The second-order valence-corrected chi connectivity index (χ2v) is 7.09. The van der Waals surface area contributed by atoms with Crippen LogP contribution in [0.2, 0.25) is 0 Å². The number of carbonyl (C=O) groups excluding carboxylic acids is 2. The zero-order valence-electron chi connectivity index (χ0n) is 18.2. The molecule has 2 aromatic carbocycles. The molecule has 0 radical (unpaired) electrons. The van der Waals surface area contributed by atoms with Gasteiger partial charge in [-0.15, -0.1) is 0 Å². The van der Waals surface area contributed by atoms with E-state index in [0.29, 0.717) is 24.5 Å². The van der Waals surface area contributed by atoms with Crippen molar-refractivity contribution in [3.05, 3.63) is 53.6 Å². The summed E-state index contributed by atoms with van der Waals surface area (Å²) in [5.74, 6) is 0.888. The van der Waals surface area contributed by atoms with Crippen LogP contribution in [0.4, 0.5) is 23.7 Å². The normalized spacial score (nSPS) is 12.0. The van der Waals surface area contributed by atoms with Crippen molar-refractivity contribution in [1.29, 1.82) is 0 Å². The number of benzene rings is 2. The molecule has 1 unspecified atom stereocenters. The van der Waals surface area contributed by atoms with Gasteiger partial charge >= 0.3 is 12.2 Å². The molecule has 0 saturated heterocycles. The molecule has 10 heteroatoms. The molecule has 2 rings (SSSR count). The zero-order valence-corrected chi connectivity index (χ0v) is 18.2. The number of likely N-dealkylation sites (N-methyl/N-ethyl adjacent to an activating group) is 1. The van der Waals surface area contributed by atoms with Crippen molar-refractivity contribution in [2.24, 2.45) is 0 Å². The van der Waals surface area contributed by atoms with Crippen molar-refractivity contribution in [3.63, 3.8) is 0 Å². The summed E-state index contributed by atoms with van der Waals surface area (Å²) >= 11 is 0. The third-order valence-corrected chi connectivity index (χ3v) is 4.75. The van der Waals surface area contributed by atoms with Crippen LogP contribution in [0, 0.1) is 0 Å². The molecule has 0 heterocycles. The predicted octanol–water partition coefficient (Wildman–Crippen LogP) is 3.93. The molecule has 0 aliphatic heterocycles. The van der Waals surface area contributed by atoms with Gasteiger partial charge in [-0.05, 0) is 55.3 Å². The predicted molar refractivity (Wildman–Crippen MR) is 114 cm³/mol. The first kappa shape index (κ1) is 24.8. The topological polar surface area (TPSA) is 79.9 Å². The molecule has 1 atom stereocenters. The Hall–Kier alpha value is -3.43. The quantitative estimate of drug-likeness (QED) is 0.635. The number of methoxy groups -OCH3 is 2. The van der Waals surface area contributed by atoms with Gasteiger partial charge in [0, 0.05) is 19.3 Å². The molecular formula is C22H26F3N3O4. The highest BCUT2D eigenvalue weighted by atomic mass is 19.4. The largest absolute Gasteiger partial charge is 0.493 e. The average Bonchev–Trinajstić information content (AvgIpc) is 2.76. The minimum absolute atomic E-state index is 0.178. The van der Waals surface area contributed by atoms with Crippen molar-refractivity contribution in [2.75, 3.05) is 33.1 Å². The fourth-order valence-electron chi connectivity index (χ4n) is 2.94. The molecule has 174 valence electrons. The third kappa shape index (κ3) is 6.79. The number of nitrogens with zero attached hydrogens (tertiary/aromatic N) is 1. The Kier molecular flexibility index (Phi) is 8.34. The smallest absolute Gasteiger partial charge is 0.416 e. The van der Waals surface area contributed by atoms with Crippen LogP contribution in [0.25, 0.3) is 0 Å². The van der Waals surface area contributed by atoms with Crippen LogP contribution < -0.4 is 20.1 Å². The molecule has 32 heavy (non-hydrogen) atoms. The van der Waals surface area contributed by atoms with E-state index in [0.717, 1.165) is 29.8 Å². The monoisotopic (exact) mass is 453 g/mol. The van der Waals surface area contributed by atoms with E-state index in [1.807, 2.05) is 12.1 Å². The number of urea groups is 1. The van der Waals surface area contributed by atoms with Crippen LogP contribution in [0.3, 0.4) is 0 Å². The van der Waals surface area contributed by atoms with Gasteiger partial charge in [0.05, 0.1) is 19.8 Å². The van der Waals surface area contributed by atoms with Crippen molar-refractivity contribution in [3.8, 4) is 11.5 Å². The number of alkyl halides is 3. The highest BCUT2D eigenvalue weighted by Gasteiger charge is 2.30. The van der Waals surface area contributed by atoms with Crippen LogP contribution in [0.1, 0.15) is 18.1 Å². The Balaban J connectivity index is 1.86. The third-order valence-electron chi connectivity index (χ3n) is 4.75. The van der Waals surface area contributed by atoms with Crippen molar-refractivity contribution >= 4 is 17.6 Å². The van der Waals surface area contributed by atoms with E-state index in [9.17, 15) is 22.8 Å². The fourth-order valence-corrected chi connectivity index (χ4v) is 2.94. The summed E-state index contributed by atoms with van der Waals surface area (Å²) in [7, 11) is 4.71. The van der Waals surface area contributed by atoms with E-state index >= 15 is 0 Å². The van der Waals surface area contributed by atoms with E-state index in [2.05, 4.69) is 10.6 Å². The van der Waals surface area contributed by atoms with Gasteiger partial charge in [0.25, 0.3) is 0 Å². The number of nitrogens with one attached hydrogen (secondary N) is 2. The SMILES string of the molecule is COc1ccc(CCN(C)C(=O)C(C)NC(=O)Nc2ccc(C(F)(F)F)cc2)cc1OC. The van der Waals surface area contributed by atoms with Crippen LogP contribution in [-0.4, -0.2) is 50.7 Å². The first-order chi connectivity index (χ1) is 15.0. The Morgan fingerprint density at radius 1 is 1.03 bits per heavy atom. The van der Waals surface area contributed by atoms with E-state index < -0.39 is 23.8 Å². The summed E-state index contributed by atoms with van der Waals surface area (Å²) in [6.45, 7) is 1.93. The molecule has 0 fully saturated rings. The summed E-state index contributed by atoms with van der Waals surface area (Å²) in [4.78, 5) is 26.1. The Morgan fingerprint density at radius 2 is 1.66 bits per heavy atom. The lowest BCUT2D eigenvalue weighted by atomic mass is 10.1. The summed E-state index contributed by atoms with van der Waals surface area (Å²) in [6.07, 6.45) is -3.89. The lowest BCUT2D eigenvalue weighted by Gasteiger charge is -2.22. The van der Waals surface area contributed by atoms with Crippen molar-refractivity contribution in [1.82, 2.24) is 10.2 Å². The molecule has 2 N–H and O–H groups in total. The number of carbonyl (C=O) groups is 2. The molecule has 0 aliphatic rings. The number of ether oxygens (including phenoxy) is 2. The molecule has 0 spiro atoms.